The maximum absolute atomic E-state index is 4.85. The molecule has 1 atom stereocenters. The highest BCUT2D eigenvalue weighted by Gasteiger charge is 2.23. The topological polar surface area (TPSA) is 29.3 Å². The van der Waals surface area contributed by atoms with E-state index in [1.54, 1.807) is 0 Å². The number of nitrogens with one attached hydrogen (secondary N) is 1. The molecule has 3 heteroatoms. The van der Waals surface area contributed by atoms with Gasteiger partial charge in [-0.25, -0.2) is 4.99 Å². The molecule has 37 heavy (non-hydrogen) atoms. The molecule has 0 saturated carbocycles. The van der Waals surface area contributed by atoms with Gasteiger partial charge in [0.1, 0.15) is 0 Å². The number of hydrogen-bond acceptors (Lipinski definition) is 2. The predicted molar refractivity (Wildman–Crippen MR) is 155 cm³/mol. The van der Waals surface area contributed by atoms with Gasteiger partial charge in [0, 0.05) is 28.6 Å². The van der Waals surface area contributed by atoms with Gasteiger partial charge in [-0.15, -0.1) is 0 Å². The Bertz CT molecular complexity index is 1680. The Balaban J connectivity index is 1.19. The maximum Gasteiger partial charge on any atom is 0.200 e. The molecule has 178 valence electrons. The zero-order valence-electron chi connectivity index (χ0n) is 20.5. The van der Waals surface area contributed by atoms with Crippen molar-refractivity contribution in [2.75, 3.05) is 0 Å². The quantitative estimate of drug-likeness (QED) is 0.278. The van der Waals surface area contributed by atoms with E-state index in [0.29, 0.717) is 0 Å². The summed E-state index contributed by atoms with van der Waals surface area (Å²) in [4.78, 5) is 4.85. The first-order valence-corrected chi connectivity index (χ1v) is 12.9. The molecule has 1 N–H and O–H groups in total. The summed E-state index contributed by atoms with van der Waals surface area (Å²) in [6.07, 6.45) is 10.5. The van der Waals surface area contributed by atoms with Crippen molar-refractivity contribution in [3.63, 3.8) is 0 Å². The molecule has 3 nitrogen and oxygen atoms in total. The van der Waals surface area contributed by atoms with Crippen molar-refractivity contribution in [1.82, 2.24) is 9.88 Å². The van der Waals surface area contributed by atoms with Crippen LogP contribution in [0.15, 0.2) is 120 Å². The summed E-state index contributed by atoms with van der Waals surface area (Å²) in [6.45, 7) is 0. The average Bonchev–Trinajstić information content (AvgIpc) is 3.32. The Morgan fingerprint density at radius 1 is 0.703 bits per heavy atom. The molecule has 1 aliphatic carbocycles. The Morgan fingerprint density at radius 2 is 1.41 bits per heavy atom. The van der Waals surface area contributed by atoms with Crippen molar-refractivity contribution in [3.05, 3.63) is 132 Å². The predicted octanol–water partition coefficient (Wildman–Crippen LogP) is 8.11. The summed E-state index contributed by atoms with van der Waals surface area (Å²) < 4.78 is 2.38. The van der Waals surface area contributed by atoms with Crippen LogP contribution >= 0.6 is 0 Å². The number of nitrogens with zero attached hydrogens (tertiary/aromatic N) is 2. The first-order valence-electron chi connectivity index (χ1n) is 12.9. The van der Waals surface area contributed by atoms with Gasteiger partial charge in [0.15, 0.2) is 0 Å². The number of aromatic nitrogens is 1. The smallest absolute Gasteiger partial charge is 0.200 e. The van der Waals surface area contributed by atoms with Crippen LogP contribution in [0.1, 0.15) is 29.5 Å². The Kier molecular flexibility index (Phi) is 5.32. The maximum atomic E-state index is 4.85. The summed E-state index contributed by atoms with van der Waals surface area (Å²) >= 11 is 0. The highest BCUT2D eigenvalue weighted by molar-refractivity contribution is 5.93. The molecule has 0 fully saturated rings. The van der Waals surface area contributed by atoms with Crippen LogP contribution in [0.25, 0.3) is 44.9 Å². The normalized spacial score (nSPS) is 16.3. The Morgan fingerprint density at radius 3 is 2.27 bits per heavy atom. The van der Waals surface area contributed by atoms with Gasteiger partial charge in [-0.3, -0.25) is 0 Å². The number of rotatable bonds is 4. The first-order chi connectivity index (χ1) is 18.3. The molecule has 4 aromatic carbocycles. The molecule has 5 aromatic rings. The van der Waals surface area contributed by atoms with Gasteiger partial charge in [0.2, 0.25) is 6.29 Å². The average molecular weight is 478 g/mol. The molecule has 0 saturated heterocycles. The first kappa shape index (κ1) is 21.6. The number of allylic oxidation sites excluding steroid dienone is 2. The summed E-state index contributed by atoms with van der Waals surface area (Å²) in [5.74, 6) is 0. The van der Waals surface area contributed by atoms with Gasteiger partial charge in [0.25, 0.3) is 0 Å². The monoisotopic (exact) mass is 477 g/mol. The van der Waals surface area contributed by atoms with Crippen LogP contribution in [-0.2, 0) is 6.42 Å². The third-order valence-electron chi connectivity index (χ3n) is 7.38. The van der Waals surface area contributed by atoms with E-state index in [-0.39, 0.29) is 6.29 Å². The van der Waals surface area contributed by atoms with Gasteiger partial charge in [-0.2, -0.15) is 0 Å². The largest absolute Gasteiger partial charge is 0.346 e. The zero-order valence-corrected chi connectivity index (χ0v) is 20.5. The van der Waals surface area contributed by atoms with Crippen LogP contribution in [0.3, 0.4) is 0 Å². The standard InChI is InChI=1S/C34H27N3/c1-2-9-24(10-3-1)25-17-19-26(20-18-25)27-11-8-12-28(23-27)31-21-22-35-34(36-31)37-32-15-6-4-13-29(32)30-14-5-7-16-33(30)37/h1-6,8-15,17-23,34,36H,7,16H2. The van der Waals surface area contributed by atoms with Crippen molar-refractivity contribution in [2.45, 2.75) is 19.1 Å². The number of aliphatic imine (C=N–C) groups is 1. The third-order valence-corrected chi connectivity index (χ3v) is 7.38. The van der Waals surface area contributed by atoms with Crippen LogP contribution in [0.4, 0.5) is 0 Å². The van der Waals surface area contributed by atoms with Gasteiger partial charge >= 0.3 is 0 Å². The minimum absolute atomic E-state index is 0.172. The second-order valence-electron chi connectivity index (χ2n) is 9.61. The van der Waals surface area contributed by atoms with E-state index in [4.69, 9.17) is 4.99 Å². The van der Waals surface area contributed by atoms with Gasteiger partial charge in [0.05, 0.1) is 5.52 Å². The molecule has 2 aliphatic rings. The molecule has 1 aliphatic heterocycles. The number of para-hydroxylation sites is 1. The number of fused-ring (bicyclic) bond motifs is 3. The second kappa shape index (κ2) is 9.11. The zero-order chi connectivity index (χ0) is 24.6. The van der Waals surface area contributed by atoms with E-state index in [0.717, 1.165) is 24.1 Å². The van der Waals surface area contributed by atoms with Crippen molar-refractivity contribution < 1.29 is 0 Å². The van der Waals surface area contributed by atoms with Crippen molar-refractivity contribution in [1.29, 1.82) is 0 Å². The van der Waals surface area contributed by atoms with Crippen LogP contribution in [-0.4, -0.2) is 10.8 Å². The van der Waals surface area contributed by atoms with E-state index in [9.17, 15) is 0 Å². The lowest BCUT2D eigenvalue weighted by atomic mass is 9.98. The molecule has 0 spiro atoms. The molecule has 0 amide bonds. The van der Waals surface area contributed by atoms with Crippen LogP contribution < -0.4 is 5.32 Å². The van der Waals surface area contributed by atoms with E-state index in [2.05, 4.69) is 131 Å². The Labute approximate surface area is 217 Å². The third kappa shape index (κ3) is 3.89. The van der Waals surface area contributed by atoms with Crippen LogP contribution in [0, 0.1) is 0 Å². The molecular weight excluding hydrogens is 450 g/mol. The molecule has 1 aromatic heterocycles. The lowest BCUT2D eigenvalue weighted by Crippen LogP contribution is -2.28. The molecule has 7 rings (SSSR count). The summed E-state index contributed by atoms with van der Waals surface area (Å²) in [5.41, 5.74) is 11.0. The fourth-order valence-electron chi connectivity index (χ4n) is 5.57. The van der Waals surface area contributed by atoms with E-state index >= 15 is 0 Å². The van der Waals surface area contributed by atoms with E-state index in [1.165, 1.54) is 44.4 Å². The SMILES string of the molecule is C1=Cc2c(n(C3N=CC=C(c4cccc(-c5ccc(-c6ccccc6)cc5)c4)N3)c3ccccc23)CC1. The minimum atomic E-state index is -0.172. The second-order valence-corrected chi connectivity index (χ2v) is 9.61. The van der Waals surface area contributed by atoms with Crippen molar-refractivity contribution in [3.8, 4) is 22.3 Å². The lowest BCUT2D eigenvalue weighted by Gasteiger charge is -2.26. The minimum Gasteiger partial charge on any atom is -0.346 e. The Hall–Kier alpha value is -4.63. The molecule has 2 heterocycles. The van der Waals surface area contributed by atoms with Crippen LogP contribution in [0.5, 0.6) is 0 Å². The fraction of sp³-hybridized carbons (Fsp3) is 0.0882. The summed E-state index contributed by atoms with van der Waals surface area (Å²) in [5, 5.41) is 5.02. The fourth-order valence-corrected chi connectivity index (χ4v) is 5.57. The summed E-state index contributed by atoms with van der Waals surface area (Å²) in [7, 11) is 0. The molecule has 1 unspecified atom stereocenters. The van der Waals surface area contributed by atoms with Gasteiger partial charge in [-0.1, -0.05) is 103 Å². The molecule has 0 bridgehead atoms. The van der Waals surface area contributed by atoms with Crippen molar-refractivity contribution in [2.24, 2.45) is 4.99 Å². The van der Waals surface area contributed by atoms with Gasteiger partial charge < -0.3 is 9.88 Å². The number of hydrogen-bond donors (Lipinski definition) is 1. The highest BCUT2D eigenvalue weighted by atomic mass is 15.3. The van der Waals surface area contributed by atoms with E-state index in [1.807, 2.05) is 6.21 Å². The van der Waals surface area contributed by atoms with Crippen LogP contribution in [0.2, 0.25) is 0 Å². The molecular formula is C34H27N3. The number of benzene rings is 4. The van der Waals surface area contributed by atoms with Crippen molar-refractivity contribution >= 4 is 28.9 Å². The van der Waals surface area contributed by atoms with Gasteiger partial charge in [-0.05, 0) is 58.9 Å². The highest BCUT2D eigenvalue weighted by Crippen LogP contribution is 2.35. The molecule has 0 radical (unpaired) electrons. The summed E-state index contributed by atoms with van der Waals surface area (Å²) in [6, 6.07) is 36.7. The van der Waals surface area contributed by atoms with E-state index < -0.39 is 0 Å². The lowest BCUT2D eigenvalue weighted by molar-refractivity contribution is 0.481.